The van der Waals surface area contributed by atoms with E-state index in [-0.39, 0.29) is 23.8 Å². The first kappa shape index (κ1) is 15.9. The summed E-state index contributed by atoms with van der Waals surface area (Å²) in [5.41, 5.74) is 1.27. The molecule has 2 bridgehead atoms. The Bertz CT molecular complexity index is 601. The molecule has 0 N–H and O–H groups in total. The van der Waals surface area contributed by atoms with E-state index in [1.165, 1.54) is 7.11 Å². The zero-order valence-electron chi connectivity index (χ0n) is 13.7. The topological polar surface area (TPSA) is 68.7 Å². The van der Waals surface area contributed by atoms with Gasteiger partial charge in [0.05, 0.1) is 19.6 Å². The summed E-state index contributed by atoms with van der Waals surface area (Å²) in [4.78, 5) is 30.5. The van der Waals surface area contributed by atoms with Gasteiger partial charge in [-0.2, -0.15) is 0 Å². The molecule has 0 saturated carbocycles. The summed E-state index contributed by atoms with van der Waals surface area (Å²) in [6, 6.07) is 4.10. The van der Waals surface area contributed by atoms with Crippen LogP contribution in [0, 0.1) is 5.92 Å². The normalized spacial score (nSPS) is 29.5. The largest absolute Gasteiger partial charge is 0.469 e. The Labute approximate surface area is 135 Å². The molecule has 2 saturated heterocycles. The number of rotatable bonds is 4. The Morgan fingerprint density at radius 3 is 2.65 bits per heavy atom. The van der Waals surface area contributed by atoms with Gasteiger partial charge in [0.1, 0.15) is 5.69 Å². The van der Waals surface area contributed by atoms with Crippen molar-refractivity contribution in [1.82, 2.24) is 9.88 Å². The molecular formula is C17H22N2O4. The number of likely N-dealkylation sites (N-methyl/N-ethyl adjacent to an activating group) is 1. The first-order valence-electron chi connectivity index (χ1n) is 8.01. The van der Waals surface area contributed by atoms with Gasteiger partial charge < -0.3 is 9.47 Å². The molecule has 0 aromatic carbocycles. The fraction of sp³-hybridized carbons (Fsp3) is 0.588. The molecule has 6 nitrogen and oxygen atoms in total. The predicted molar refractivity (Wildman–Crippen MR) is 83.0 cm³/mol. The zero-order valence-corrected chi connectivity index (χ0v) is 13.7. The van der Waals surface area contributed by atoms with Gasteiger partial charge >= 0.3 is 11.9 Å². The standard InChI is InChI=1S/C17H22N2O4/c1-4-23-16(20)11-6-5-10(9-18-11)14-12-7-8-13(19(12)2)15(14)17(21)22-3/h5-6,9,12-15H,4,7-8H2,1-3H3. The summed E-state index contributed by atoms with van der Waals surface area (Å²) in [5.74, 6) is -0.689. The van der Waals surface area contributed by atoms with Crippen LogP contribution in [0.3, 0.4) is 0 Å². The molecule has 0 aliphatic carbocycles. The summed E-state index contributed by atoms with van der Waals surface area (Å²) < 4.78 is 9.97. The van der Waals surface area contributed by atoms with Crippen molar-refractivity contribution in [1.29, 1.82) is 0 Å². The third-order valence-corrected chi connectivity index (χ3v) is 5.15. The van der Waals surface area contributed by atoms with Crippen LogP contribution in [0.1, 0.15) is 41.7 Å². The van der Waals surface area contributed by atoms with Gasteiger partial charge in [0.2, 0.25) is 0 Å². The molecule has 0 spiro atoms. The van der Waals surface area contributed by atoms with Crippen molar-refractivity contribution in [3.63, 3.8) is 0 Å². The van der Waals surface area contributed by atoms with Crippen LogP contribution in [0.2, 0.25) is 0 Å². The summed E-state index contributed by atoms with van der Waals surface area (Å²) in [6.45, 7) is 2.09. The minimum Gasteiger partial charge on any atom is -0.469 e. The Balaban J connectivity index is 1.87. The van der Waals surface area contributed by atoms with Crippen LogP contribution < -0.4 is 0 Å². The summed E-state index contributed by atoms with van der Waals surface area (Å²) in [5, 5.41) is 0. The van der Waals surface area contributed by atoms with E-state index in [0.29, 0.717) is 18.3 Å². The van der Waals surface area contributed by atoms with Crippen molar-refractivity contribution in [2.75, 3.05) is 20.8 Å². The number of aromatic nitrogens is 1. The van der Waals surface area contributed by atoms with E-state index < -0.39 is 5.97 Å². The maximum Gasteiger partial charge on any atom is 0.356 e. The summed E-state index contributed by atoms with van der Waals surface area (Å²) in [7, 11) is 3.51. The van der Waals surface area contributed by atoms with Crippen molar-refractivity contribution < 1.29 is 19.1 Å². The molecule has 0 radical (unpaired) electrons. The molecule has 124 valence electrons. The molecule has 2 fully saturated rings. The van der Waals surface area contributed by atoms with Crippen molar-refractivity contribution >= 4 is 11.9 Å². The number of carbonyl (C=O) groups is 2. The maximum absolute atomic E-state index is 12.3. The van der Waals surface area contributed by atoms with E-state index in [1.54, 1.807) is 19.2 Å². The number of pyridine rings is 1. The van der Waals surface area contributed by atoms with Gasteiger partial charge in [0.15, 0.2) is 0 Å². The van der Waals surface area contributed by atoms with Crippen molar-refractivity contribution in [2.45, 2.75) is 37.8 Å². The number of hydrogen-bond acceptors (Lipinski definition) is 6. The Hall–Kier alpha value is -1.95. The van der Waals surface area contributed by atoms with Crippen LogP contribution >= 0.6 is 0 Å². The number of hydrogen-bond donors (Lipinski definition) is 0. The lowest BCUT2D eigenvalue weighted by Gasteiger charge is -2.27. The van der Waals surface area contributed by atoms with Gasteiger partial charge in [-0.05, 0) is 38.4 Å². The van der Waals surface area contributed by atoms with Crippen LogP contribution in [0.5, 0.6) is 0 Å². The minimum absolute atomic E-state index is 0.0648. The molecule has 3 heterocycles. The highest BCUT2D eigenvalue weighted by Gasteiger charge is 2.55. The maximum atomic E-state index is 12.3. The van der Waals surface area contributed by atoms with E-state index in [0.717, 1.165) is 18.4 Å². The van der Waals surface area contributed by atoms with Crippen LogP contribution in [0.4, 0.5) is 0 Å². The Morgan fingerprint density at radius 1 is 1.30 bits per heavy atom. The number of methoxy groups -OCH3 is 1. The number of ether oxygens (including phenoxy) is 2. The first-order chi connectivity index (χ1) is 11.1. The second-order valence-electron chi connectivity index (χ2n) is 6.15. The number of nitrogens with zero attached hydrogens (tertiary/aromatic N) is 2. The molecule has 2 aliphatic heterocycles. The van der Waals surface area contributed by atoms with E-state index in [9.17, 15) is 9.59 Å². The predicted octanol–water partition coefficient (Wildman–Crippen LogP) is 1.61. The first-order valence-corrected chi connectivity index (χ1v) is 8.01. The van der Waals surface area contributed by atoms with Gasteiger partial charge in [-0.15, -0.1) is 0 Å². The van der Waals surface area contributed by atoms with Crippen LogP contribution in [-0.2, 0) is 14.3 Å². The SMILES string of the molecule is CCOC(=O)c1ccc(C2C(C(=O)OC)C3CCC2N3C)cn1. The van der Waals surface area contributed by atoms with E-state index in [2.05, 4.69) is 16.9 Å². The average Bonchev–Trinajstić information content (AvgIpc) is 3.07. The molecular weight excluding hydrogens is 296 g/mol. The highest BCUT2D eigenvalue weighted by atomic mass is 16.5. The minimum atomic E-state index is -0.423. The molecule has 4 atom stereocenters. The number of fused-ring (bicyclic) bond motifs is 2. The van der Waals surface area contributed by atoms with Crippen LogP contribution in [-0.4, -0.2) is 54.7 Å². The van der Waals surface area contributed by atoms with Crippen molar-refractivity contribution in [2.24, 2.45) is 5.92 Å². The highest BCUT2D eigenvalue weighted by molar-refractivity contribution is 5.87. The average molecular weight is 318 g/mol. The fourth-order valence-corrected chi connectivity index (χ4v) is 4.14. The molecule has 1 aromatic heterocycles. The fourth-order valence-electron chi connectivity index (χ4n) is 4.14. The zero-order chi connectivity index (χ0) is 16.6. The quantitative estimate of drug-likeness (QED) is 0.786. The van der Waals surface area contributed by atoms with Crippen molar-refractivity contribution in [3.8, 4) is 0 Å². The van der Waals surface area contributed by atoms with Crippen LogP contribution in [0.25, 0.3) is 0 Å². The molecule has 1 aromatic rings. The summed E-state index contributed by atoms with van der Waals surface area (Å²) in [6.07, 6.45) is 3.78. The second kappa shape index (κ2) is 6.28. The van der Waals surface area contributed by atoms with E-state index in [4.69, 9.17) is 9.47 Å². The second-order valence-corrected chi connectivity index (χ2v) is 6.15. The lowest BCUT2D eigenvalue weighted by atomic mass is 9.76. The van der Waals surface area contributed by atoms with Gasteiger partial charge in [-0.25, -0.2) is 9.78 Å². The van der Waals surface area contributed by atoms with Gasteiger partial charge in [-0.1, -0.05) is 6.07 Å². The lowest BCUT2D eigenvalue weighted by molar-refractivity contribution is -0.147. The Morgan fingerprint density at radius 2 is 2.04 bits per heavy atom. The molecule has 2 aliphatic rings. The number of carbonyl (C=O) groups excluding carboxylic acids is 2. The molecule has 0 amide bonds. The third kappa shape index (κ3) is 2.61. The Kier molecular flexibility index (Phi) is 4.35. The van der Waals surface area contributed by atoms with Gasteiger partial charge in [0, 0.05) is 24.2 Å². The summed E-state index contributed by atoms with van der Waals surface area (Å²) >= 11 is 0. The van der Waals surface area contributed by atoms with E-state index in [1.807, 2.05) is 6.07 Å². The molecule has 4 unspecified atom stereocenters. The van der Waals surface area contributed by atoms with Gasteiger partial charge in [0.25, 0.3) is 0 Å². The van der Waals surface area contributed by atoms with Crippen LogP contribution in [0.15, 0.2) is 18.3 Å². The smallest absolute Gasteiger partial charge is 0.356 e. The lowest BCUT2D eigenvalue weighted by Crippen LogP contribution is -2.33. The molecule has 3 rings (SSSR count). The highest BCUT2D eigenvalue weighted by Crippen LogP contribution is 2.50. The molecule has 6 heteroatoms. The molecule has 23 heavy (non-hydrogen) atoms. The third-order valence-electron chi connectivity index (χ3n) is 5.15. The van der Waals surface area contributed by atoms with Crippen molar-refractivity contribution in [3.05, 3.63) is 29.6 Å². The van der Waals surface area contributed by atoms with Gasteiger partial charge in [-0.3, -0.25) is 9.69 Å². The van der Waals surface area contributed by atoms with E-state index >= 15 is 0 Å². The number of esters is 2. The monoisotopic (exact) mass is 318 g/mol.